The molecule has 0 amide bonds. The highest BCUT2D eigenvalue weighted by Gasteiger charge is 2.16. The summed E-state index contributed by atoms with van der Waals surface area (Å²) in [5.74, 6) is -1.63. The number of aromatic carboxylic acids is 1. The smallest absolute Gasteiger partial charge is 0.339 e. The van der Waals surface area contributed by atoms with E-state index in [0.29, 0.717) is 17.7 Å². The summed E-state index contributed by atoms with van der Waals surface area (Å²) in [4.78, 5) is 21.9. The first-order valence-electron chi connectivity index (χ1n) is 5.54. The first-order chi connectivity index (χ1) is 9.58. The van der Waals surface area contributed by atoms with Gasteiger partial charge in [0.1, 0.15) is 17.0 Å². The molecule has 1 heterocycles. The van der Waals surface area contributed by atoms with E-state index in [-0.39, 0.29) is 23.6 Å². The molecule has 0 fully saturated rings. The third kappa shape index (κ3) is 2.36. The lowest BCUT2D eigenvalue weighted by molar-refractivity contribution is 0.0693. The van der Waals surface area contributed by atoms with Crippen molar-refractivity contribution in [1.82, 2.24) is 15.0 Å². The third-order valence-electron chi connectivity index (χ3n) is 2.64. The Bertz CT molecular complexity index is 665. The molecular weight excluding hydrogens is 266 g/mol. The number of hydrogen-bond donors (Lipinski definition) is 2. The van der Waals surface area contributed by atoms with Gasteiger partial charge in [0.05, 0.1) is 12.3 Å². The minimum Gasteiger partial charge on any atom is -0.507 e. The second kappa shape index (κ2) is 5.49. The molecule has 0 unspecified atom stereocenters. The Balaban J connectivity index is 2.56. The number of carboxylic acid groups (broad SMARTS) is 1. The summed E-state index contributed by atoms with van der Waals surface area (Å²) < 4.78 is 6.26. The summed E-state index contributed by atoms with van der Waals surface area (Å²) in [6, 6.07) is 3.93. The number of carboxylic acids is 1. The maximum absolute atomic E-state index is 11.0. The van der Waals surface area contributed by atoms with Crippen LogP contribution in [0.5, 0.6) is 5.75 Å². The van der Waals surface area contributed by atoms with Crippen molar-refractivity contribution in [1.29, 1.82) is 0 Å². The van der Waals surface area contributed by atoms with Crippen LogP contribution in [0.25, 0.3) is 5.69 Å². The maximum atomic E-state index is 11.0. The second-order valence-corrected chi connectivity index (χ2v) is 3.89. The zero-order valence-corrected chi connectivity index (χ0v) is 10.5. The molecule has 0 aliphatic heterocycles. The predicted molar refractivity (Wildman–Crippen MR) is 66.1 cm³/mol. The number of aromatic nitrogens is 3. The molecule has 2 rings (SSSR count). The highest BCUT2D eigenvalue weighted by molar-refractivity contribution is 5.91. The van der Waals surface area contributed by atoms with Crippen LogP contribution >= 0.6 is 0 Å². The monoisotopic (exact) mass is 277 g/mol. The third-order valence-corrected chi connectivity index (χ3v) is 2.64. The largest absolute Gasteiger partial charge is 0.507 e. The Morgan fingerprint density at radius 1 is 1.50 bits per heavy atom. The molecule has 0 bridgehead atoms. The van der Waals surface area contributed by atoms with Gasteiger partial charge in [-0.3, -0.25) is 4.79 Å². The van der Waals surface area contributed by atoms with E-state index >= 15 is 0 Å². The van der Waals surface area contributed by atoms with Gasteiger partial charge >= 0.3 is 5.97 Å². The minimum atomic E-state index is -1.27. The summed E-state index contributed by atoms with van der Waals surface area (Å²) in [5.41, 5.74) is 0.586. The lowest BCUT2D eigenvalue weighted by Gasteiger charge is -2.07. The van der Waals surface area contributed by atoms with Gasteiger partial charge in [-0.05, 0) is 18.2 Å². The summed E-state index contributed by atoms with van der Waals surface area (Å²) in [7, 11) is 1.45. The van der Waals surface area contributed by atoms with Gasteiger partial charge in [0.2, 0.25) is 0 Å². The van der Waals surface area contributed by atoms with Gasteiger partial charge in [0.15, 0.2) is 12.0 Å². The zero-order valence-electron chi connectivity index (χ0n) is 10.5. The van der Waals surface area contributed by atoms with Gasteiger partial charge in [-0.1, -0.05) is 5.21 Å². The molecule has 2 N–H and O–H groups in total. The number of aromatic hydroxyl groups is 1. The van der Waals surface area contributed by atoms with Gasteiger partial charge in [-0.15, -0.1) is 5.10 Å². The first kappa shape index (κ1) is 13.7. The Morgan fingerprint density at radius 2 is 2.25 bits per heavy atom. The highest BCUT2D eigenvalue weighted by Crippen LogP contribution is 2.22. The van der Waals surface area contributed by atoms with Crippen molar-refractivity contribution in [2.24, 2.45) is 0 Å². The van der Waals surface area contributed by atoms with Crippen molar-refractivity contribution < 1.29 is 24.5 Å². The number of rotatable bonds is 5. The fraction of sp³-hybridized carbons (Fsp3) is 0.167. The van der Waals surface area contributed by atoms with E-state index in [0.717, 1.165) is 0 Å². The number of nitrogens with zero attached hydrogens (tertiary/aromatic N) is 3. The Hall–Kier alpha value is -2.74. The van der Waals surface area contributed by atoms with Gasteiger partial charge in [-0.25, -0.2) is 9.48 Å². The number of methoxy groups -OCH3 is 1. The molecule has 0 radical (unpaired) electrons. The molecule has 0 aliphatic carbocycles. The number of hydrogen-bond acceptors (Lipinski definition) is 6. The lowest BCUT2D eigenvalue weighted by Crippen LogP contribution is -2.06. The summed E-state index contributed by atoms with van der Waals surface area (Å²) >= 11 is 0. The van der Waals surface area contributed by atoms with Crippen molar-refractivity contribution in [3.8, 4) is 11.4 Å². The molecule has 104 valence electrons. The molecule has 20 heavy (non-hydrogen) atoms. The summed E-state index contributed by atoms with van der Waals surface area (Å²) in [6.45, 7) is 0.0877. The molecule has 8 heteroatoms. The van der Waals surface area contributed by atoms with E-state index in [4.69, 9.17) is 9.84 Å². The molecule has 0 atom stereocenters. The number of benzene rings is 1. The van der Waals surface area contributed by atoms with Gasteiger partial charge < -0.3 is 14.9 Å². The van der Waals surface area contributed by atoms with E-state index in [1.165, 1.54) is 30.0 Å². The number of carbonyl (C=O) groups excluding carboxylic acids is 1. The molecule has 0 aliphatic rings. The van der Waals surface area contributed by atoms with Crippen molar-refractivity contribution in [2.75, 3.05) is 7.11 Å². The molecule has 0 saturated carbocycles. The molecule has 2 aromatic rings. The van der Waals surface area contributed by atoms with Crippen LogP contribution < -0.4 is 0 Å². The van der Waals surface area contributed by atoms with Crippen LogP contribution in [0.3, 0.4) is 0 Å². The Morgan fingerprint density at radius 3 is 2.85 bits per heavy atom. The molecular formula is C12H11N3O5. The molecule has 1 aromatic heterocycles. The normalized spacial score (nSPS) is 10.4. The van der Waals surface area contributed by atoms with Crippen LogP contribution in [0.15, 0.2) is 18.2 Å². The Labute approximate surface area is 113 Å². The van der Waals surface area contributed by atoms with E-state index in [1.54, 1.807) is 0 Å². The molecule has 8 nitrogen and oxygen atoms in total. The first-order valence-corrected chi connectivity index (χ1v) is 5.54. The summed E-state index contributed by atoms with van der Waals surface area (Å²) in [5, 5.41) is 25.9. The van der Waals surface area contributed by atoms with Crippen LogP contribution in [0.1, 0.15) is 26.5 Å². The van der Waals surface area contributed by atoms with Crippen LogP contribution in [-0.4, -0.2) is 44.6 Å². The zero-order chi connectivity index (χ0) is 14.7. The minimum absolute atomic E-state index is 0.0877. The average molecular weight is 277 g/mol. The van der Waals surface area contributed by atoms with E-state index in [2.05, 4.69) is 10.3 Å². The standard InChI is InChI=1S/C12H11N3O5/c1-20-6-10-9(5-16)13-14-15(10)7-2-3-11(17)8(4-7)12(18)19/h2-5,17H,6H2,1H3,(H,18,19). The van der Waals surface area contributed by atoms with E-state index in [9.17, 15) is 14.7 Å². The van der Waals surface area contributed by atoms with Crippen molar-refractivity contribution >= 4 is 12.3 Å². The van der Waals surface area contributed by atoms with E-state index < -0.39 is 5.97 Å². The van der Waals surface area contributed by atoms with Crippen LogP contribution in [0, 0.1) is 0 Å². The van der Waals surface area contributed by atoms with E-state index in [1.807, 2.05) is 0 Å². The number of carbonyl (C=O) groups is 2. The molecule has 0 saturated heterocycles. The van der Waals surface area contributed by atoms with Crippen LogP contribution in [0.2, 0.25) is 0 Å². The number of ether oxygens (including phenoxy) is 1. The second-order valence-electron chi connectivity index (χ2n) is 3.89. The van der Waals surface area contributed by atoms with Crippen LogP contribution in [0.4, 0.5) is 0 Å². The topological polar surface area (TPSA) is 115 Å². The van der Waals surface area contributed by atoms with Gasteiger partial charge in [0, 0.05) is 7.11 Å². The molecule has 0 spiro atoms. The van der Waals surface area contributed by atoms with Crippen molar-refractivity contribution in [3.05, 3.63) is 35.2 Å². The van der Waals surface area contributed by atoms with Crippen molar-refractivity contribution in [3.63, 3.8) is 0 Å². The van der Waals surface area contributed by atoms with Gasteiger partial charge in [0.25, 0.3) is 0 Å². The maximum Gasteiger partial charge on any atom is 0.339 e. The average Bonchev–Trinajstić information content (AvgIpc) is 2.82. The fourth-order valence-corrected chi connectivity index (χ4v) is 1.71. The SMILES string of the molecule is COCc1c(C=O)nnn1-c1ccc(O)c(C(=O)O)c1. The quantitative estimate of drug-likeness (QED) is 0.770. The van der Waals surface area contributed by atoms with Gasteiger partial charge in [-0.2, -0.15) is 0 Å². The lowest BCUT2D eigenvalue weighted by atomic mass is 10.1. The highest BCUT2D eigenvalue weighted by atomic mass is 16.5. The Kier molecular flexibility index (Phi) is 3.76. The number of aldehydes is 1. The predicted octanol–water partition coefficient (Wildman–Crippen LogP) is 0.630. The van der Waals surface area contributed by atoms with Crippen molar-refractivity contribution in [2.45, 2.75) is 6.61 Å². The van der Waals surface area contributed by atoms with Crippen LogP contribution in [-0.2, 0) is 11.3 Å². The number of phenols is 1. The molecule has 1 aromatic carbocycles. The fourth-order valence-electron chi connectivity index (χ4n) is 1.71. The summed E-state index contributed by atoms with van der Waals surface area (Å²) in [6.07, 6.45) is 0.538.